The first kappa shape index (κ1) is 16.7. The maximum atomic E-state index is 12.9. The van der Waals surface area contributed by atoms with Gasteiger partial charge in [0, 0.05) is 23.6 Å². The molecule has 21 heavy (non-hydrogen) atoms. The molecule has 0 aliphatic carbocycles. The third-order valence-corrected chi connectivity index (χ3v) is 6.18. The van der Waals surface area contributed by atoms with E-state index in [1.165, 1.54) is 4.31 Å². The average Bonchev–Trinajstić information content (AvgIpc) is 2.44. The predicted octanol–water partition coefficient (Wildman–Crippen LogP) is 2.21. The summed E-state index contributed by atoms with van der Waals surface area (Å²) in [4.78, 5) is 0.195. The van der Waals surface area contributed by atoms with Crippen LogP contribution in [0.4, 0.5) is 0 Å². The lowest BCUT2D eigenvalue weighted by Crippen LogP contribution is -2.49. The van der Waals surface area contributed by atoms with Crippen molar-refractivity contribution in [2.24, 2.45) is 11.7 Å². The normalized spacial score (nSPS) is 24.0. The van der Waals surface area contributed by atoms with E-state index in [-0.39, 0.29) is 10.9 Å². The van der Waals surface area contributed by atoms with Crippen LogP contribution in [0.25, 0.3) is 0 Å². The summed E-state index contributed by atoms with van der Waals surface area (Å²) in [5.41, 5.74) is 6.02. The summed E-state index contributed by atoms with van der Waals surface area (Å²) >= 11 is 3.32. The molecule has 5 nitrogen and oxygen atoms in total. The average molecular weight is 377 g/mol. The second kappa shape index (κ2) is 6.64. The van der Waals surface area contributed by atoms with Crippen LogP contribution in [0, 0.1) is 5.92 Å². The minimum atomic E-state index is -3.60. The molecule has 0 radical (unpaired) electrons. The summed E-state index contributed by atoms with van der Waals surface area (Å²) in [5, 5.41) is 0. The van der Waals surface area contributed by atoms with Gasteiger partial charge in [0.25, 0.3) is 0 Å². The number of halogens is 1. The largest absolute Gasteiger partial charge is 0.492 e. The standard InChI is InChI=1S/C14H21BrN2O3S/c1-3-20-13-5-4-11(15)8-14(13)21(18,19)17-7-6-10(2)12(16)9-17/h4-5,8,10,12H,3,6-7,9,16H2,1-2H3. The van der Waals surface area contributed by atoms with Crippen LogP contribution in [0.2, 0.25) is 0 Å². The number of sulfonamides is 1. The molecule has 1 aliphatic heterocycles. The van der Waals surface area contributed by atoms with E-state index in [1.807, 2.05) is 6.92 Å². The van der Waals surface area contributed by atoms with Crippen LogP contribution in [-0.4, -0.2) is 38.5 Å². The summed E-state index contributed by atoms with van der Waals surface area (Å²) in [6.07, 6.45) is 0.776. The molecular weight excluding hydrogens is 356 g/mol. The first-order chi connectivity index (χ1) is 9.86. The van der Waals surface area contributed by atoms with E-state index < -0.39 is 10.0 Å². The first-order valence-corrected chi connectivity index (χ1v) is 9.27. The Kier molecular flexibility index (Phi) is 5.29. The summed E-state index contributed by atoms with van der Waals surface area (Å²) in [7, 11) is -3.60. The zero-order chi connectivity index (χ0) is 15.6. The van der Waals surface area contributed by atoms with Crippen LogP contribution >= 0.6 is 15.9 Å². The highest BCUT2D eigenvalue weighted by Gasteiger charge is 2.33. The number of nitrogens with zero attached hydrogens (tertiary/aromatic N) is 1. The van der Waals surface area contributed by atoms with E-state index in [4.69, 9.17) is 10.5 Å². The SMILES string of the molecule is CCOc1ccc(Br)cc1S(=O)(=O)N1CCC(C)C(N)C1. The van der Waals surface area contributed by atoms with Crippen LogP contribution in [0.15, 0.2) is 27.6 Å². The Labute approximate surface area is 134 Å². The van der Waals surface area contributed by atoms with Crippen molar-refractivity contribution in [2.45, 2.75) is 31.2 Å². The van der Waals surface area contributed by atoms with Gasteiger partial charge in [-0.25, -0.2) is 8.42 Å². The molecule has 0 bridgehead atoms. The van der Waals surface area contributed by atoms with E-state index in [2.05, 4.69) is 22.9 Å². The number of benzene rings is 1. The Balaban J connectivity index is 2.37. The zero-order valence-electron chi connectivity index (χ0n) is 12.3. The number of ether oxygens (including phenoxy) is 1. The van der Waals surface area contributed by atoms with E-state index in [1.54, 1.807) is 18.2 Å². The fourth-order valence-corrected chi connectivity index (χ4v) is 4.55. The molecule has 118 valence electrons. The maximum Gasteiger partial charge on any atom is 0.246 e. The molecule has 1 aromatic rings. The fraction of sp³-hybridized carbons (Fsp3) is 0.571. The summed E-state index contributed by atoms with van der Waals surface area (Å²) in [5.74, 6) is 0.721. The lowest BCUT2D eigenvalue weighted by atomic mass is 9.96. The number of nitrogens with two attached hydrogens (primary N) is 1. The fourth-order valence-electron chi connectivity index (χ4n) is 2.38. The minimum absolute atomic E-state index is 0.128. The van der Waals surface area contributed by atoms with Gasteiger partial charge >= 0.3 is 0 Å². The third-order valence-electron chi connectivity index (χ3n) is 3.80. The van der Waals surface area contributed by atoms with Crippen molar-refractivity contribution >= 4 is 26.0 Å². The smallest absolute Gasteiger partial charge is 0.246 e. The zero-order valence-corrected chi connectivity index (χ0v) is 14.7. The van der Waals surface area contributed by atoms with Gasteiger partial charge in [-0.2, -0.15) is 4.31 Å². The molecule has 2 unspecified atom stereocenters. The van der Waals surface area contributed by atoms with Gasteiger partial charge in [0.05, 0.1) is 6.61 Å². The van der Waals surface area contributed by atoms with Crippen LogP contribution < -0.4 is 10.5 Å². The second-order valence-electron chi connectivity index (χ2n) is 5.32. The van der Waals surface area contributed by atoms with Crippen LogP contribution in [0.1, 0.15) is 20.3 Å². The predicted molar refractivity (Wildman–Crippen MR) is 85.8 cm³/mol. The highest BCUT2D eigenvalue weighted by molar-refractivity contribution is 9.10. The van der Waals surface area contributed by atoms with Gasteiger partial charge in [0.2, 0.25) is 10.0 Å². The van der Waals surface area contributed by atoms with E-state index in [0.717, 1.165) is 6.42 Å². The van der Waals surface area contributed by atoms with Gasteiger partial charge in [-0.15, -0.1) is 0 Å². The molecule has 1 aliphatic rings. The van der Waals surface area contributed by atoms with Gasteiger partial charge in [-0.05, 0) is 37.5 Å². The summed E-state index contributed by atoms with van der Waals surface area (Å²) in [6.45, 7) is 5.15. The topological polar surface area (TPSA) is 72.6 Å². The highest BCUT2D eigenvalue weighted by atomic mass is 79.9. The monoisotopic (exact) mass is 376 g/mol. The Hall–Kier alpha value is -0.630. The van der Waals surface area contributed by atoms with Crippen molar-refractivity contribution in [1.82, 2.24) is 4.31 Å². The summed E-state index contributed by atoms with van der Waals surface area (Å²) < 4.78 is 33.3. The lowest BCUT2D eigenvalue weighted by Gasteiger charge is -2.34. The van der Waals surface area contributed by atoms with Gasteiger partial charge in [0.15, 0.2) is 0 Å². The maximum absolute atomic E-state index is 12.9. The lowest BCUT2D eigenvalue weighted by molar-refractivity contribution is 0.251. The van der Waals surface area contributed by atoms with Crippen molar-refractivity contribution in [3.8, 4) is 5.75 Å². The quantitative estimate of drug-likeness (QED) is 0.873. The van der Waals surface area contributed by atoms with Gasteiger partial charge in [-0.1, -0.05) is 22.9 Å². The van der Waals surface area contributed by atoms with E-state index in [9.17, 15) is 8.42 Å². The Bertz CT molecular complexity index is 606. The molecule has 1 fully saturated rings. The van der Waals surface area contributed by atoms with Crippen molar-refractivity contribution in [3.63, 3.8) is 0 Å². The number of rotatable bonds is 4. The van der Waals surface area contributed by atoms with Crippen molar-refractivity contribution in [3.05, 3.63) is 22.7 Å². The molecule has 2 atom stereocenters. The molecule has 2 N–H and O–H groups in total. The third kappa shape index (κ3) is 3.59. The molecule has 7 heteroatoms. The van der Waals surface area contributed by atoms with Gasteiger partial charge in [0.1, 0.15) is 10.6 Å². The van der Waals surface area contributed by atoms with Gasteiger partial charge < -0.3 is 10.5 Å². The number of piperidine rings is 1. The Morgan fingerprint density at radius 1 is 1.48 bits per heavy atom. The molecule has 2 rings (SSSR count). The molecule has 1 heterocycles. The molecular formula is C14H21BrN2O3S. The number of hydrogen-bond acceptors (Lipinski definition) is 4. The van der Waals surface area contributed by atoms with Gasteiger partial charge in [-0.3, -0.25) is 0 Å². The molecule has 1 aromatic carbocycles. The second-order valence-corrected chi connectivity index (χ2v) is 8.14. The first-order valence-electron chi connectivity index (χ1n) is 7.04. The Morgan fingerprint density at radius 3 is 2.81 bits per heavy atom. The molecule has 0 amide bonds. The van der Waals surface area contributed by atoms with Crippen molar-refractivity contribution < 1.29 is 13.2 Å². The molecule has 1 saturated heterocycles. The van der Waals surface area contributed by atoms with Crippen molar-refractivity contribution in [2.75, 3.05) is 19.7 Å². The minimum Gasteiger partial charge on any atom is -0.492 e. The highest BCUT2D eigenvalue weighted by Crippen LogP contribution is 2.31. The molecule has 0 saturated carbocycles. The van der Waals surface area contributed by atoms with Crippen LogP contribution in [0.5, 0.6) is 5.75 Å². The van der Waals surface area contributed by atoms with Crippen LogP contribution in [-0.2, 0) is 10.0 Å². The van der Waals surface area contributed by atoms with E-state index >= 15 is 0 Å². The molecule has 0 aromatic heterocycles. The summed E-state index contributed by atoms with van der Waals surface area (Å²) in [6, 6.07) is 4.90. The molecule has 0 spiro atoms. The Morgan fingerprint density at radius 2 is 2.19 bits per heavy atom. The number of hydrogen-bond donors (Lipinski definition) is 1. The van der Waals surface area contributed by atoms with Crippen LogP contribution in [0.3, 0.4) is 0 Å². The van der Waals surface area contributed by atoms with E-state index in [0.29, 0.717) is 35.8 Å². The van der Waals surface area contributed by atoms with Crippen molar-refractivity contribution in [1.29, 1.82) is 0 Å².